The van der Waals surface area contributed by atoms with Gasteiger partial charge < -0.3 is 14.5 Å². The minimum atomic E-state index is -0.0531. The molecule has 1 aromatic carbocycles. The number of hydrogen-bond acceptors (Lipinski definition) is 5. The third kappa shape index (κ3) is 4.48. The summed E-state index contributed by atoms with van der Waals surface area (Å²) in [5, 5.41) is 4.90. The van der Waals surface area contributed by atoms with Gasteiger partial charge in [0, 0.05) is 6.54 Å². The van der Waals surface area contributed by atoms with Gasteiger partial charge in [0.25, 0.3) is 0 Å². The summed E-state index contributed by atoms with van der Waals surface area (Å²) >= 11 is 1.57. The van der Waals surface area contributed by atoms with Gasteiger partial charge in [-0.15, -0.1) is 11.3 Å². The lowest BCUT2D eigenvalue weighted by atomic mass is 10.1. The Kier molecular flexibility index (Phi) is 5.50. The molecule has 6 heteroatoms. The van der Waals surface area contributed by atoms with Gasteiger partial charge in [-0.25, -0.2) is 4.98 Å². The van der Waals surface area contributed by atoms with Crippen molar-refractivity contribution in [3.05, 3.63) is 58.8 Å². The first kappa shape index (κ1) is 17.2. The highest BCUT2D eigenvalue weighted by atomic mass is 32.1. The van der Waals surface area contributed by atoms with Gasteiger partial charge in [0.15, 0.2) is 0 Å². The number of carbonyl (C=O) groups excluding carboxylic acids is 1. The van der Waals surface area contributed by atoms with E-state index in [1.165, 1.54) is 0 Å². The second-order valence-electron chi connectivity index (χ2n) is 5.62. The molecule has 0 atom stereocenters. The second kappa shape index (κ2) is 7.98. The first-order chi connectivity index (χ1) is 12.2. The monoisotopic (exact) mass is 356 g/mol. The first-order valence-corrected chi connectivity index (χ1v) is 8.93. The van der Waals surface area contributed by atoms with Crippen LogP contribution in [0.3, 0.4) is 0 Å². The molecule has 0 aliphatic heterocycles. The minimum Gasteiger partial charge on any atom is -0.497 e. The molecule has 0 spiro atoms. The highest BCUT2D eigenvalue weighted by Gasteiger charge is 2.15. The van der Waals surface area contributed by atoms with Crippen LogP contribution in [0.1, 0.15) is 17.0 Å². The summed E-state index contributed by atoms with van der Waals surface area (Å²) in [5.74, 6) is 2.04. The van der Waals surface area contributed by atoms with Gasteiger partial charge in [0.05, 0.1) is 24.1 Å². The minimum absolute atomic E-state index is 0.0531. The number of ether oxygens (including phenoxy) is 1. The summed E-state index contributed by atoms with van der Waals surface area (Å²) in [7, 11) is 1.64. The maximum absolute atomic E-state index is 12.1. The molecule has 5 nitrogen and oxygen atoms in total. The lowest BCUT2D eigenvalue weighted by Gasteiger charge is -2.05. The van der Waals surface area contributed by atoms with Gasteiger partial charge in [-0.1, -0.05) is 18.2 Å². The molecule has 0 unspecified atom stereocenters. The molecule has 25 heavy (non-hydrogen) atoms. The second-order valence-corrected chi connectivity index (χ2v) is 6.57. The number of methoxy groups -OCH3 is 1. The molecule has 0 bridgehead atoms. The molecule has 0 saturated heterocycles. The Morgan fingerprint density at radius 3 is 2.76 bits per heavy atom. The van der Waals surface area contributed by atoms with Crippen LogP contribution < -0.4 is 10.1 Å². The molecule has 1 N–H and O–H groups in total. The number of nitrogens with zero attached hydrogens (tertiary/aromatic N) is 1. The van der Waals surface area contributed by atoms with Crippen LogP contribution in [0.15, 0.2) is 46.2 Å². The van der Waals surface area contributed by atoms with Crippen LogP contribution in [0, 0.1) is 6.92 Å². The van der Waals surface area contributed by atoms with Crippen molar-refractivity contribution in [2.24, 2.45) is 0 Å². The lowest BCUT2D eigenvalue weighted by molar-refractivity contribution is -0.120. The number of hydrogen-bond donors (Lipinski definition) is 1. The fourth-order valence-corrected chi connectivity index (χ4v) is 3.10. The average Bonchev–Trinajstić information content (AvgIpc) is 3.26. The highest BCUT2D eigenvalue weighted by Crippen LogP contribution is 2.26. The molecule has 0 aliphatic carbocycles. The number of aryl methyl sites for hydroxylation is 1. The predicted molar refractivity (Wildman–Crippen MR) is 98.0 cm³/mol. The number of amides is 1. The average molecular weight is 356 g/mol. The third-order valence-electron chi connectivity index (χ3n) is 3.85. The van der Waals surface area contributed by atoms with Crippen LogP contribution in [0.25, 0.3) is 10.8 Å². The normalized spacial score (nSPS) is 10.6. The molecular weight excluding hydrogens is 336 g/mol. The van der Waals surface area contributed by atoms with E-state index in [9.17, 15) is 4.79 Å². The van der Waals surface area contributed by atoms with Crippen molar-refractivity contribution in [2.45, 2.75) is 19.8 Å². The van der Waals surface area contributed by atoms with Crippen molar-refractivity contribution in [3.63, 3.8) is 0 Å². The summed E-state index contributed by atoms with van der Waals surface area (Å²) in [6.07, 6.45) is 0.997. The molecule has 3 rings (SSSR count). The maximum atomic E-state index is 12.1. The molecular formula is C19H20N2O3S. The fraction of sp³-hybridized carbons (Fsp3) is 0.263. The number of benzene rings is 1. The van der Waals surface area contributed by atoms with Crippen molar-refractivity contribution in [1.82, 2.24) is 10.3 Å². The zero-order valence-electron chi connectivity index (χ0n) is 14.2. The number of aromatic nitrogens is 1. The molecule has 3 aromatic rings. The Balaban J connectivity index is 1.50. The molecule has 0 radical (unpaired) electrons. The summed E-state index contributed by atoms with van der Waals surface area (Å²) in [4.78, 5) is 17.6. The van der Waals surface area contributed by atoms with Crippen molar-refractivity contribution >= 4 is 17.2 Å². The summed E-state index contributed by atoms with van der Waals surface area (Å²) in [6, 6.07) is 11.7. The van der Waals surface area contributed by atoms with Crippen LogP contribution in [0.4, 0.5) is 0 Å². The van der Waals surface area contributed by atoms with Crippen molar-refractivity contribution in [1.29, 1.82) is 0 Å². The number of rotatable bonds is 7. The molecule has 0 fully saturated rings. The van der Waals surface area contributed by atoms with E-state index in [1.54, 1.807) is 18.4 Å². The fourth-order valence-electron chi connectivity index (χ4n) is 2.45. The molecule has 0 aliphatic rings. The Hall–Kier alpha value is -2.60. The number of oxazole rings is 1. The van der Waals surface area contributed by atoms with Crippen molar-refractivity contribution < 1.29 is 13.9 Å². The van der Waals surface area contributed by atoms with Crippen LogP contribution in [-0.4, -0.2) is 24.5 Å². The van der Waals surface area contributed by atoms with E-state index in [1.807, 2.05) is 48.7 Å². The van der Waals surface area contributed by atoms with Gasteiger partial charge in [0.2, 0.25) is 11.8 Å². The Morgan fingerprint density at radius 1 is 1.28 bits per heavy atom. The Morgan fingerprint density at radius 2 is 2.08 bits per heavy atom. The lowest BCUT2D eigenvalue weighted by Crippen LogP contribution is -2.27. The Bertz CT molecular complexity index is 823. The smallest absolute Gasteiger partial charge is 0.236 e. The molecule has 130 valence electrons. The maximum Gasteiger partial charge on any atom is 0.236 e. The van der Waals surface area contributed by atoms with Gasteiger partial charge in [-0.05, 0) is 42.5 Å². The van der Waals surface area contributed by atoms with E-state index in [0.717, 1.165) is 22.6 Å². The van der Waals surface area contributed by atoms with E-state index < -0.39 is 0 Å². The van der Waals surface area contributed by atoms with Crippen molar-refractivity contribution in [2.75, 3.05) is 13.7 Å². The van der Waals surface area contributed by atoms with E-state index in [-0.39, 0.29) is 12.3 Å². The molecule has 1 amide bonds. The van der Waals surface area contributed by atoms with Gasteiger partial charge >= 0.3 is 0 Å². The standard InChI is InChI=1S/C19H20N2O3S/c1-13-16(21-19(24-13)17-4-3-11-25-17)12-18(22)20-10-9-14-5-7-15(23-2)8-6-14/h3-8,11H,9-10,12H2,1-2H3,(H,20,22). The van der Waals surface area contributed by atoms with Crippen LogP contribution in [-0.2, 0) is 17.6 Å². The van der Waals surface area contributed by atoms with E-state index in [0.29, 0.717) is 23.9 Å². The topological polar surface area (TPSA) is 64.4 Å². The van der Waals surface area contributed by atoms with Crippen molar-refractivity contribution in [3.8, 4) is 16.5 Å². The predicted octanol–water partition coefficient (Wildman–Crippen LogP) is 3.62. The summed E-state index contributed by atoms with van der Waals surface area (Å²) in [5.41, 5.74) is 1.84. The third-order valence-corrected chi connectivity index (χ3v) is 4.71. The first-order valence-electron chi connectivity index (χ1n) is 8.05. The molecule has 2 aromatic heterocycles. The zero-order chi connectivity index (χ0) is 17.6. The van der Waals surface area contributed by atoms with Crippen LogP contribution in [0.2, 0.25) is 0 Å². The summed E-state index contributed by atoms with van der Waals surface area (Å²) in [6.45, 7) is 2.42. The summed E-state index contributed by atoms with van der Waals surface area (Å²) < 4.78 is 10.8. The van der Waals surface area contributed by atoms with Gasteiger partial charge in [-0.2, -0.15) is 0 Å². The SMILES string of the molecule is COc1ccc(CCNC(=O)Cc2nc(-c3cccs3)oc2C)cc1. The zero-order valence-corrected chi connectivity index (χ0v) is 15.1. The van der Waals surface area contributed by atoms with E-state index >= 15 is 0 Å². The number of nitrogens with one attached hydrogen (secondary N) is 1. The number of carbonyl (C=O) groups is 1. The largest absolute Gasteiger partial charge is 0.497 e. The van der Waals surface area contributed by atoms with Crippen LogP contribution in [0.5, 0.6) is 5.75 Å². The van der Waals surface area contributed by atoms with Crippen LogP contribution >= 0.6 is 11.3 Å². The van der Waals surface area contributed by atoms with E-state index in [2.05, 4.69) is 10.3 Å². The molecule has 0 saturated carbocycles. The Labute approximate surface area is 150 Å². The van der Waals surface area contributed by atoms with Gasteiger partial charge in [-0.3, -0.25) is 4.79 Å². The highest BCUT2D eigenvalue weighted by molar-refractivity contribution is 7.13. The molecule has 2 heterocycles. The number of thiophene rings is 1. The van der Waals surface area contributed by atoms with E-state index in [4.69, 9.17) is 9.15 Å². The quantitative estimate of drug-likeness (QED) is 0.702. The van der Waals surface area contributed by atoms with Gasteiger partial charge in [0.1, 0.15) is 11.5 Å².